The Morgan fingerprint density at radius 2 is 1.58 bits per heavy atom. The normalized spacial score (nSPS) is 21.4. The van der Waals surface area contributed by atoms with Gasteiger partial charge < -0.3 is 10.2 Å². The number of likely N-dealkylation sites (tertiary alicyclic amines) is 1. The molecule has 1 aliphatic heterocycles. The molecule has 1 heterocycles. The Balaban J connectivity index is 1.71. The Bertz CT molecular complexity index is 913. The second kappa shape index (κ2) is 12.3. The summed E-state index contributed by atoms with van der Waals surface area (Å²) in [7, 11) is 0. The van der Waals surface area contributed by atoms with Crippen LogP contribution in [0.15, 0.2) is 29.3 Å². The monoisotopic (exact) mass is 493 g/mol. The fourth-order valence-electron chi connectivity index (χ4n) is 6.45. The molecule has 0 amide bonds. The fraction of sp³-hybridized carbons (Fsp3) is 0.727. The summed E-state index contributed by atoms with van der Waals surface area (Å²) < 4.78 is 0. The van der Waals surface area contributed by atoms with Crippen molar-refractivity contribution in [3.8, 4) is 0 Å². The number of fused-ring (bicyclic) bond motifs is 1. The molecule has 0 spiro atoms. The van der Waals surface area contributed by atoms with E-state index in [1.807, 2.05) is 0 Å². The van der Waals surface area contributed by atoms with E-state index in [1.165, 1.54) is 87.4 Å². The Hall–Kier alpha value is -1.61. The zero-order valence-electron chi connectivity index (χ0n) is 24.9. The number of amidine groups is 1. The molecule has 1 aromatic rings. The molecule has 202 valence electrons. The van der Waals surface area contributed by atoms with Gasteiger partial charge in [0.15, 0.2) is 0 Å². The minimum absolute atomic E-state index is 0.220. The topological polar surface area (TPSA) is 27.6 Å². The maximum absolute atomic E-state index is 5.19. The Kier molecular flexibility index (Phi) is 9.88. The maximum Gasteiger partial charge on any atom is 0.102 e. The Labute approximate surface area is 223 Å². The molecule has 0 radical (unpaired) electrons. The molecule has 1 aliphatic carbocycles. The van der Waals surface area contributed by atoms with Gasteiger partial charge in [0.25, 0.3) is 0 Å². The summed E-state index contributed by atoms with van der Waals surface area (Å²) in [4.78, 5) is 7.71. The predicted molar refractivity (Wildman–Crippen MR) is 159 cm³/mol. The molecule has 0 aromatic heterocycles. The number of aliphatic imine (C=N–C) groups is 1. The third-order valence-electron chi connectivity index (χ3n) is 9.14. The SMILES string of the molecule is C/C=C(\N=C(C)N1CCC(CCC)(NCCCCCC)CC1)c1ccc2c(c1)C(C)(C)CCC2(C)C. The van der Waals surface area contributed by atoms with Gasteiger partial charge in [0.05, 0.1) is 5.70 Å². The summed E-state index contributed by atoms with van der Waals surface area (Å²) in [6.45, 7) is 21.9. The van der Waals surface area contributed by atoms with Gasteiger partial charge in [-0.1, -0.05) is 85.4 Å². The number of hydrogen-bond donors (Lipinski definition) is 1. The summed E-state index contributed by atoms with van der Waals surface area (Å²) in [5.41, 5.74) is 6.18. The van der Waals surface area contributed by atoms with E-state index in [4.69, 9.17) is 4.99 Å². The highest BCUT2D eigenvalue weighted by Gasteiger charge is 2.37. The number of unbranched alkanes of at least 4 members (excludes halogenated alkanes) is 3. The number of rotatable bonds is 10. The first kappa shape index (κ1) is 29.0. The van der Waals surface area contributed by atoms with Crippen LogP contribution < -0.4 is 5.32 Å². The van der Waals surface area contributed by atoms with Gasteiger partial charge in [-0.15, -0.1) is 0 Å². The summed E-state index contributed by atoms with van der Waals surface area (Å²) >= 11 is 0. The van der Waals surface area contributed by atoms with E-state index in [-0.39, 0.29) is 10.8 Å². The molecule has 3 heteroatoms. The standard InChI is InChI=1S/C33H55N3/c1-9-12-13-14-22-34-33(17-10-2)20-23-36(24-21-33)26(4)35-30(11-3)27-15-16-28-29(25-27)32(7,8)19-18-31(28,5)6/h11,15-16,25,34H,9-10,12-14,17-24H2,1-8H3/b30-11-,35-26?. The minimum Gasteiger partial charge on any atom is -0.360 e. The molecule has 1 fully saturated rings. The molecular weight excluding hydrogens is 438 g/mol. The van der Waals surface area contributed by atoms with Crippen LogP contribution in [0.5, 0.6) is 0 Å². The average molecular weight is 494 g/mol. The molecule has 36 heavy (non-hydrogen) atoms. The molecule has 0 atom stereocenters. The maximum atomic E-state index is 5.19. The van der Waals surface area contributed by atoms with Crippen molar-refractivity contribution in [2.45, 2.75) is 136 Å². The molecule has 0 saturated carbocycles. The summed E-state index contributed by atoms with van der Waals surface area (Å²) in [5.74, 6) is 1.16. The van der Waals surface area contributed by atoms with Crippen LogP contribution in [0.3, 0.4) is 0 Å². The van der Waals surface area contributed by atoms with Crippen LogP contribution in [-0.4, -0.2) is 35.9 Å². The molecule has 0 bridgehead atoms. The van der Waals surface area contributed by atoms with Crippen molar-refractivity contribution in [3.63, 3.8) is 0 Å². The first-order valence-corrected chi connectivity index (χ1v) is 14.9. The van der Waals surface area contributed by atoms with Crippen molar-refractivity contribution < 1.29 is 0 Å². The number of benzene rings is 1. The van der Waals surface area contributed by atoms with Gasteiger partial charge >= 0.3 is 0 Å². The summed E-state index contributed by atoms with van der Waals surface area (Å²) in [6.07, 6.45) is 15.0. The molecule has 0 unspecified atom stereocenters. The van der Waals surface area contributed by atoms with Crippen LogP contribution in [0, 0.1) is 0 Å². The Morgan fingerprint density at radius 1 is 0.917 bits per heavy atom. The highest BCUT2D eigenvalue weighted by molar-refractivity contribution is 5.86. The fourth-order valence-corrected chi connectivity index (χ4v) is 6.45. The van der Waals surface area contributed by atoms with E-state index >= 15 is 0 Å². The zero-order chi connectivity index (χ0) is 26.4. The molecule has 2 aliphatic rings. The van der Waals surface area contributed by atoms with E-state index < -0.39 is 0 Å². The highest BCUT2D eigenvalue weighted by Crippen LogP contribution is 2.46. The van der Waals surface area contributed by atoms with E-state index in [0.717, 1.165) is 24.6 Å². The van der Waals surface area contributed by atoms with Crippen LogP contribution in [-0.2, 0) is 10.8 Å². The molecular formula is C33H55N3. The predicted octanol–water partition coefficient (Wildman–Crippen LogP) is 8.62. The number of nitrogens with zero attached hydrogens (tertiary/aromatic N) is 2. The Morgan fingerprint density at radius 3 is 2.19 bits per heavy atom. The van der Waals surface area contributed by atoms with Crippen LogP contribution in [0.25, 0.3) is 5.70 Å². The van der Waals surface area contributed by atoms with Crippen molar-refractivity contribution >= 4 is 11.5 Å². The number of allylic oxidation sites excluding steroid dienone is 1. The molecule has 3 rings (SSSR count). The van der Waals surface area contributed by atoms with Gasteiger partial charge in [-0.05, 0) is 86.9 Å². The number of piperidine rings is 1. The lowest BCUT2D eigenvalue weighted by molar-refractivity contribution is 0.171. The van der Waals surface area contributed by atoms with Gasteiger partial charge in [0.1, 0.15) is 5.84 Å². The second-order valence-electron chi connectivity index (χ2n) is 12.9. The number of nitrogens with one attached hydrogen (secondary N) is 1. The quantitative estimate of drug-likeness (QED) is 0.201. The van der Waals surface area contributed by atoms with Crippen LogP contribution in [0.2, 0.25) is 0 Å². The van der Waals surface area contributed by atoms with E-state index in [0.29, 0.717) is 5.54 Å². The molecule has 3 nitrogen and oxygen atoms in total. The van der Waals surface area contributed by atoms with Crippen molar-refractivity contribution in [2.75, 3.05) is 19.6 Å². The van der Waals surface area contributed by atoms with Gasteiger partial charge in [-0.25, -0.2) is 4.99 Å². The summed E-state index contributed by atoms with van der Waals surface area (Å²) in [6, 6.07) is 7.12. The lowest BCUT2D eigenvalue weighted by Gasteiger charge is -2.43. The van der Waals surface area contributed by atoms with Crippen molar-refractivity contribution in [1.29, 1.82) is 0 Å². The first-order valence-electron chi connectivity index (χ1n) is 14.9. The van der Waals surface area contributed by atoms with Crippen LogP contribution in [0.1, 0.15) is 136 Å². The van der Waals surface area contributed by atoms with Crippen molar-refractivity contribution in [1.82, 2.24) is 10.2 Å². The molecule has 1 saturated heterocycles. The van der Waals surface area contributed by atoms with Crippen molar-refractivity contribution in [2.24, 2.45) is 4.99 Å². The van der Waals surface area contributed by atoms with Gasteiger partial charge in [-0.2, -0.15) is 0 Å². The van der Waals surface area contributed by atoms with Gasteiger partial charge in [0.2, 0.25) is 0 Å². The van der Waals surface area contributed by atoms with Crippen molar-refractivity contribution in [3.05, 3.63) is 41.0 Å². The molecule has 1 N–H and O–H groups in total. The summed E-state index contributed by atoms with van der Waals surface area (Å²) in [5, 5.41) is 4.00. The third-order valence-corrected chi connectivity index (χ3v) is 9.14. The molecule has 1 aromatic carbocycles. The van der Waals surface area contributed by atoms with Crippen LogP contribution >= 0.6 is 0 Å². The second-order valence-corrected chi connectivity index (χ2v) is 12.9. The van der Waals surface area contributed by atoms with Crippen LogP contribution in [0.4, 0.5) is 0 Å². The van der Waals surface area contributed by atoms with E-state index in [9.17, 15) is 0 Å². The average Bonchev–Trinajstić information content (AvgIpc) is 2.85. The smallest absolute Gasteiger partial charge is 0.102 e. The third kappa shape index (κ3) is 6.82. The van der Waals surface area contributed by atoms with Gasteiger partial charge in [0, 0.05) is 24.2 Å². The zero-order valence-corrected chi connectivity index (χ0v) is 24.9. The van der Waals surface area contributed by atoms with Gasteiger partial charge in [-0.3, -0.25) is 0 Å². The minimum atomic E-state index is 0.220. The number of hydrogen-bond acceptors (Lipinski definition) is 2. The lowest BCUT2D eigenvalue weighted by Crippen LogP contribution is -2.54. The van der Waals surface area contributed by atoms with E-state index in [1.54, 1.807) is 0 Å². The lowest BCUT2D eigenvalue weighted by atomic mass is 9.63. The van der Waals surface area contributed by atoms with E-state index in [2.05, 4.69) is 89.9 Å². The highest BCUT2D eigenvalue weighted by atomic mass is 15.2. The largest absolute Gasteiger partial charge is 0.360 e. The first-order chi connectivity index (χ1) is 17.1.